The monoisotopic (exact) mass is 114 g/mol. The normalized spacial score (nSPS) is 9.29. The largest absolute Gasteiger partial charge is 0.143 e. The Balaban J connectivity index is 2.76. The SMILES string of the molecule is CCc1csnn1. The quantitative estimate of drug-likeness (QED) is 0.546. The molecule has 0 radical (unpaired) electrons. The molecule has 0 saturated carbocycles. The Labute approximate surface area is 46.4 Å². The van der Waals surface area contributed by atoms with Crippen molar-refractivity contribution < 1.29 is 0 Å². The van der Waals surface area contributed by atoms with Crippen LogP contribution in [-0.4, -0.2) is 9.59 Å². The van der Waals surface area contributed by atoms with Gasteiger partial charge in [0.2, 0.25) is 0 Å². The maximum Gasteiger partial charge on any atom is 0.0752 e. The summed E-state index contributed by atoms with van der Waals surface area (Å²) in [5.74, 6) is 0. The minimum Gasteiger partial charge on any atom is -0.143 e. The predicted octanol–water partition coefficient (Wildman–Crippen LogP) is 1.10. The second-order valence-electron chi connectivity index (χ2n) is 1.25. The summed E-state index contributed by atoms with van der Waals surface area (Å²) in [7, 11) is 0. The predicted molar refractivity (Wildman–Crippen MR) is 29.3 cm³/mol. The molecule has 0 fully saturated rings. The van der Waals surface area contributed by atoms with E-state index >= 15 is 0 Å². The molecule has 3 heteroatoms. The fourth-order valence-electron chi connectivity index (χ4n) is 0.338. The molecule has 38 valence electrons. The lowest BCUT2D eigenvalue weighted by Crippen LogP contribution is -1.75. The molecule has 0 unspecified atom stereocenters. The highest BCUT2D eigenvalue weighted by Crippen LogP contribution is 1.95. The van der Waals surface area contributed by atoms with E-state index in [4.69, 9.17) is 0 Å². The summed E-state index contributed by atoms with van der Waals surface area (Å²) in [6, 6.07) is 0. The lowest BCUT2D eigenvalue weighted by molar-refractivity contribution is 0.991. The molecule has 0 saturated heterocycles. The van der Waals surface area contributed by atoms with Crippen molar-refractivity contribution in [1.82, 2.24) is 9.59 Å². The van der Waals surface area contributed by atoms with Crippen LogP contribution in [0, 0.1) is 0 Å². The molecule has 0 N–H and O–H groups in total. The summed E-state index contributed by atoms with van der Waals surface area (Å²) in [4.78, 5) is 0. The fourth-order valence-corrected chi connectivity index (χ4v) is 0.873. The summed E-state index contributed by atoms with van der Waals surface area (Å²) < 4.78 is 3.68. The summed E-state index contributed by atoms with van der Waals surface area (Å²) in [6.07, 6.45) is 0.997. The van der Waals surface area contributed by atoms with Gasteiger partial charge in [-0.2, -0.15) is 0 Å². The van der Waals surface area contributed by atoms with Gasteiger partial charge in [0.25, 0.3) is 0 Å². The lowest BCUT2D eigenvalue weighted by atomic mass is 10.4. The van der Waals surface area contributed by atoms with Crippen LogP contribution in [0.4, 0.5) is 0 Å². The third kappa shape index (κ3) is 0.962. The van der Waals surface area contributed by atoms with E-state index < -0.39 is 0 Å². The molecule has 1 heterocycles. The van der Waals surface area contributed by atoms with Crippen LogP contribution in [0.2, 0.25) is 0 Å². The molecule has 0 aliphatic carbocycles. The van der Waals surface area contributed by atoms with E-state index in [0.29, 0.717) is 0 Å². The fraction of sp³-hybridized carbons (Fsp3) is 0.500. The average Bonchev–Trinajstić information content (AvgIpc) is 2.14. The van der Waals surface area contributed by atoms with Crippen molar-refractivity contribution in [2.45, 2.75) is 13.3 Å². The maximum absolute atomic E-state index is 3.80. The molecule has 1 aromatic rings. The smallest absolute Gasteiger partial charge is 0.0752 e. The highest BCUT2D eigenvalue weighted by molar-refractivity contribution is 7.03. The van der Waals surface area contributed by atoms with Crippen molar-refractivity contribution in [3.63, 3.8) is 0 Å². The van der Waals surface area contributed by atoms with Crippen LogP contribution in [0.15, 0.2) is 5.38 Å². The van der Waals surface area contributed by atoms with Crippen molar-refractivity contribution in [1.29, 1.82) is 0 Å². The van der Waals surface area contributed by atoms with Gasteiger partial charge >= 0.3 is 0 Å². The van der Waals surface area contributed by atoms with Gasteiger partial charge in [-0.3, -0.25) is 0 Å². The zero-order chi connectivity index (χ0) is 5.11. The minimum absolute atomic E-state index is 0.997. The molecular weight excluding hydrogens is 108 g/mol. The van der Waals surface area contributed by atoms with Crippen molar-refractivity contribution >= 4 is 11.5 Å². The highest BCUT2D eigenvalue weighted by atomic mass is 32.1. The first-order chi connectivity index (χ1) is 3.43. The van der Waals surface area contributed by atoms with Gasteiger partial charge in [0, 0.05) is 5.38 Å². The molecule has 1 rings (SSSR count). The molecule has 0 atom stereocenters. The zero-order valence-corrected chi connectivity index (χ0v) is 4.90. The van der Waals surface area contributed by atoms with E-state index in [1.165, 1.54) is 11.5 Å². The Hall–Kier alpha value is -0.440. The second-order valence-corrected chi connectivity index (χ2v) is 1.86. The molecule has 2 nitrogen and oxygen atoms in total. The maximum atomic E-state index is 3.80. The van der Waals surface area contributed by atoms with Gasteiger partial charge < -0.3 is 0 Å². The summed E-state index contributed by atoms with van der Waals surface area (Å²) in [6.45, 7) is 2.07. The number of hydrogen-bond donors (Lipinski definition) is 0. The van der Waals surface area contributed by atoms with E-state index in [1.807, 2.05) is 5.38 Å². The third-order valence-corrected chi connectivity index (χ3v) is 1.32. The van der Waals surface area contributed by atoms with Crippen LogP contribution in [0.3, 0.4) is 0 Å². The van der Waals surface area contributed by atoms with E-state index in [2.05, 4.69) is 16.5 Å². The van der Waals surface area contributed by atoms with Crippen molar-refractivity contribution in [2.24, 2.45) is 0 Å². The molecule has 0 bridgehead atoms. The number of aryl methyl sites for hydroxylation is 1. The molecule has 0 spiro atoms. The topological polar surface area (TPSA) is 25.8 Å². The number of hydrogen-bond acceptors (Lipinski definition) is 3. The van der Waals surface area contributed by atoms with Crippen LogP contribution in [0.25, 0.3) is 0 Å². The zero-order valence-electron chi connectivity index (χ0n) is 4.09. The number of aromatic nitrogens is 2. The second kappa shape index (κ2) is 2.02. The van der Waals surface area contributed by atoms with Gasteiger partial charge in [-0.05, 0) is 18.0 Å². The molecular formula is C4H6N2S. The van der Waals surface area contributed by atoms with Crippen LogP contribution in [-0.2, 0) is 6.42 Å². The van der Waals surface area contributed by atoms with Crippen LogP contribution >= 0.6 is 11.5 Å². The third-order valence-electron chi connectivity index (χ3n) is 0.767. The van der Waals surface area contributed by atoms with Crippen LogP contribution in [0.5, 0.6) is 0 Å². The Morgan fingerprint density at radius 3 is 3.00 bits per heavy atom. The number of nitrogens with zero attached hydrogens (tertiary/aromatic N) is 2. The van der Waals surface area contributed by atoms with Crippen molar-refractivity contribution in [2.75, 3.05) is 0 Å². The summed E-state index contributed by atoms with van der Waals surface area (Å²) in [5, 5.41) is 5.76. The van der Waals surface area contributed by atoms with Gasteiger partial charge in [0.05, 0.1) is 5.69 Å². The molecule has 7 heavy (non-hydrogen) atoms. The summed E-state index contributed by atoms with van der Waals surface area (Å²) >= 11 is 1.40. The minimum atomic E-state index is 0.997. The van der Waals surface area contributed by atoms with Crippen LogP contribution < -0.4 is 0 Å². The Morgan fingerprint density at radius 1 is 1.86 bits per heavy atom. The van der Waals surface area contributed by atoms with Crippen molar-refractivity contribution in [3.05, 3.63) is 11.1 Å². The molecule has 1 aromatic heterocycles. The molecule has 0 aromatic carbocycles. The Kier molecular flexibility index (Phi) is 1.36. The van der Waals surface area contributed by atoms with Gasteiger partial charge in [0.15, 0.2) is 0 Å². The van der Waals surface area contributed by atoms with E-state index in [-0.39, 0.29) is 0 Å². The van der Waals surface area contributed by atoms with Gasteiger partial charge in [-0.15, -0.1) is 5.10 Å². The highest BCUT2D eigenvalue weighted by Gasteiger charge is 1.86. The molecule has 0 amide bonds. The van der Waals surface area contributed by atoms with E-state index in [0.717, 1.165) is 12.1 Å². The molecule has 0 aliphatic heterocycles. The Morgan fingerprint density at radius 2 is 2.71 bits per heavy atom. The first-order valence-corrected chi connectivity index (χ1v) is 3.03. The Bertz CT molecular complexity index is 124. The first kappa shape index (κ1) is 4.71. The van der Waals surface area contributed by atoms with E-state index in [1.54, 1.807) is 0 Å². The van der Waals surface area contributed by atoms with Crippen molar-refractivity contribution in [3.8, 4) is 0 Å². The standard InChI is InChI=1S/C4H6N2S/c1-2-4-3-7-6-5-4/h3H,2H2,1H3. The summed E-state index contributed by atoms with van der Waals surface area (Å²) in [5.41, 5.74) is 1.09. The van der Waals surface area contributed by atoms with Gasteiger partial charge in [-0.25, -0.2) is 0 Å². The first-order valence-electron chi connectivity index (χ1n) is 2.19. The van der Waals surface area contributed by atoms with Gasteiger partial charge in [-0.1, -0.05) is 11.4 Å². The van der Waals surface area contributed by atoms with Crippen LogP contribution in [0.1, 0.15) is 12.6 Å². The molecule has 0 aliphatic rings. The lowest BCUT2D eigenvalue weighted by Gasteiger charge is -1.74. The average molecular weight is 114 g/mol. The van der Waals surface area contributed by atoms with Gasteiger partial charge in [0.1, 0.15) is 0 Å². The number of rotatable bonds is 1. The van der Waals surface area contributed by atoms with E-state index in [9.17, 15) is 0 Å².